The minimum Gasteiger partial charge on any atom is -0.348 e. The van der Waals surface area contributed by atoms with Crippen LogP contribution in [-0.4, -0.2) is 19.9 Å². The molecule has 0 unspecified atom stereocenters. The molecule has 3 heterocycles. The molecule has 0 saturated carbocycles. The fourth-order valence-corrected chi connectivity index (χ4v) is 2.60. The van der Waals surface area contributed by atoms with Gasteiger partial charge in [-0.15, -0.1) is 0 Å². The zero-order valence-corrected chi connectivity index (χ0v) is 11.6. The van der Waals surface area contributed by atoms with Crippen LogP contribution in [0.1, 0.15) is 11.1 Å². The van der Waals surface area contributed by atoms with Gasteiger partial charge in [0.2, 0.25) is 0 Å². The van der Waals surface area contributed by atoms with Crippen molar-refractivity contribution in [2.75, 3.05) is 4.90 Å². The van der Waals surface area contributed by atoms with Crippen LogP contribution < -0.4 is 4.90 Å². The van der Waals surface area contributed by atoms with Crippen molar-refractivity contribution >= 4 is 5.82 Å². The summed E-state index contributed by atoms with van der Waals surface area (Å²) in [5.41, 5.74) is 2.81. The van der Waals surface area contributed by atoms with Gasteiger partial charge in [0.05, 0.1) is 0 Å². The predicted octanol–water partition coefficient (Wildman–Crippen LogP) is 2.59. The van der Waals surface area contributed by atoms with Crippen LogP contribution in [0, 0.1) is 5.82 Å². The van der Waals surface area contributed by atoms with Gasteiger partial charge in [0, 0.05) is 25.5 Å². The van der Waals surface area contributed by atoms with Crippen LogP contribution in [0.2, 0.25) is 0 Å². The molecule has 1 aliphatic rings. The lowest BCUT2D eigenvalue weighted by atomic mass is 10.1. The Morgan fingerprint density at radius 3 is 2.73 bits per heavy atom. The third-order valence-corrected chi connectivity index (χ3v) is 3.67. The zero-order chi connectivity index (χ0) is 14.9. The van der Waals surface area contributed by atoms with E-state index in [1.807, 2.05) is 12.1 Å². The van der Waals surface area contributed by atoms with E-state index in [0.29, 0.717) is 18.1 Å². The van der Waals surface area contributed by atoms with Gasteiger partial charge in [0.25, 0.3) is 0 Å². The van der Waals surface area contributed by atoms with Crippen molar-refractivity contribution < 1.29 is 4.39 Å². The largest absolute Gasteiger partial charge is 0.348 e. The molecule has 0 atom stereocenters. The Labute approximate surface area is 126 Å². The molecular weight excluding hydrogens is 281 g/mol. The molecule has 108 valence electrons. The van der Waals surface area contributed by atoms with Crippen molar-refractivity contribution in [3.63, 3.8) is 0 Å². The fourth-order valence-electron chi connectivity index (χ4n) is 2.60. The molecule has 0 N–H and O–H groups in total. The normalized spacial score (nSPS) is 13.2. The van der Waals surface area contributed by atoms with Crippen molar-refractivity contribution in [3.05, 3.63) is 66.0 Å². The Bertz CT molecular complexity index is 822. The van der Waals surface area contributed by atoms with Gasteiger partial charge in [-0.05, 0) is 35.4 Å². The van der Waals surface area contributed by atoms with Crippen molar-refractivity contribution in [3.8, 4) is 11.5 Å². The number of benzene rings is 1. The average Bonchev–Trinajstić information content (AvgIpc) is 2.99. The third kappa shape index (κ3) is 2.28. The number of hydrogen-bond acceptors (Lipinski definition) is 5. The molecule has 6 heteroatoms. The summed E-state index contributed by atoms with van der Waals surface area (Å²) in [4.78, 5) is 19.0. The van der Waals surface area contributed by atoms with Crippen molar-refractivity contribution in [1.82, 2.24) is 19.9 Å². The summed E-state index contributed by atoms with van der Waals surface area (Å²) >= 11 is 0. The SMILES string of the molecule is Fc1ccc2c(c1)CN(c1ccnc(-c3ccncn3)n1)C2. The van der Waals surface area contributed by atoms with E-state index >= 15 is 0 Å². The Balaban J connectivity index is 1.65. The van der Waals surface area contributed by atoms with E-state index in [9.17, 15) is 4.39 Å². The maximum absolute atomic E-state index is 13.3. The summed E-state index contributed by atoms with van der Waals surface area (Å²) in [6.45, 7) is 1.36. The van der Waals surface area contributed by atoms with E-state index in [1.54, 1.807) is 24.5 Å². The molecule has 0 aliphatic carbocycles. The van der Waals surface area contributed by atoms with Gasteiger partial charge in [0.1, 0.15) is 23.7 Å². The van der Waals surface area contributed by atoms with E-state index in [1.165, 1.54) is 12.4 Å². The first-order valence-electron chi connectivity index (χ1n) is 6.91. The Morgan fingerprint density at radius 1 is 0.955 bits per heavy atom. The molecule has 1 aromatic carbocycles. The quantitative estimate of drug-likeness (QED) is 0.727. The fraction of sp³-hybridized carbons (Fsp3) is 0.125. The Hall–Kier alpha value is -2.89. The van der Waals surface area contributed by atoms with Crippen LogP contribution in [-0.2, 0) is 13.1 Å². The number of halogens is 1. The number of hydrogen-bond donors (Lipinski definition) is 0. The smallest absolute Gasteiger partial charge is 0.180 e. The summed E-state index contributed by atoms with van der Waals surface area (Å²) in [7, 11) is 0. The zero-order valence-electron chi connectivity index (χ0n) is 11.6. The van der Waals surface area contributed by atoms with E-state index in [0.717, 1.165) is 23.5 Å². The summed E-state index contributed by atoms with van der Waals surface area (Å²) in [5, 5.41) is 0. The molecule has 0 bridgehead atoms. The van der Waals surface area contributed by atoms with Crippen LogP contribution in [0.3, 0.4) is 0 Å². The van der Waals surface area contributed by atoms with Gasteiger partial charge in [-0.25, -0.2) is 24.3 Å². The highest BCUT2D eigenvalue weighted by atomic mass is 19.1. The minimum absolute atomic E-state index is 0.204. The van der Waals surface area contributed by atoms with Crippen LogP contribution >= 0.6 is 0 Å². The van der Waals surface area contributed by atoms with Crippen LogP contribution in [0.4, 0.5) is 10.2 Å². The maximum atomic E-state index is 13.3. The van der Waals surface area contributed by atoms with Crippen molar-refractivity contribution in [2.24, 2.45) is 0 Å². The first kappa shape index (κ1) is 12.8. The van der Waals surface area contributed by atoms with Crippen LogP contribution in [0.15, 0.2) is 49.1 Å². The minimum atomic E-state index is -0.204. The topological polar surface area (TPSA) is 54.8 Å². The Kier molecular flexibility index (Phi) is 3.00. The van der Waals surface area contributed by atoms with Gasteiger partial charge < -0.3 is 4.90 Å². The molecule has 0 spiro atoms. The molecule has 0 radical (unpaired) electrons. The van der Waals surface area contributed by atoms with Crippen molar-refractivity contribution in [2.45, 2.75) is 13.1 Å². The molecule has 4 rings (SSSR count). The lowest BCUT2D eigenvalue weighted by Gasteiger charge is -2.16. The van der Waals surface area contributed by atoms with Gasteiger partial charge >= 0.3 is 0 Å². The molecule has 2 aromatic heterocycles. The molecule has 0 amide bonds. The van der Waals surface area contributed by atoms with Crippen LogP contribution in [0.5, 0.6) is 0 Å². The second-order valence-electron chi connectivity index (χ2n) is 5.10. The summed E-state index contributed by atoms with van der Waals surface area (Å²) < 4.78 is 13.3. The van der Waals surface area contributed by atoms with Crippen molar-refractivity contribution in [1.29, 1.82) is 0 Å². The number of fused-ring (bicyclic) bond motifs is 1. The number of rotatable bonds is 2. The first-order valence-corrected chi connectivity index (χ1v) is 6.91. The highest BCUT2D eigenvalue weighted by Gasteiger charge is 2.21. The highest BCUT2D eigenvalue weighted by molar-refractivity contribution is 5.54. The summed E-state index contributed by atoms with van der Waals surface area (Å²) in [6, 6.07) is 8.54. The van der Waals surface area contributed by atoms with Gasteiger partial charge in [-0.2, -0.15) is 0 Å². The highest BCUT2D eigenvalue weighted by Crippen LogP contribution is 2.28. The predicted molar refractivity (Wildman–Crippen MR) is 79.3 cm³/mol. The number of nitrogens with zero attached hydrogens (tertiary/aromatic N) is 5. The van der Waals surface area contributed by atoms with Gasteiger partial charge in [-0.3, -0.25) is 0 Å². The van der Waals surface area contributed by atoms with Gasteiger partial charge in [-0.1, -0.05) is 6.07 Å². The monoisotopic (exact) mass is 293 g/mol. The molecule has 0 saturated heterocycles. The lowest BCUT2D eigenvalue weighted by molar-refractivity contribution is 0.626. The second-order valence-corrected chi connectivity index (χ2v) is 5.10. The van der Waals surface area contributed by atoms with E-state index < -0.39 is 0 Å². The van der Waals surface area contributed by atoms with E-state index in [2.05, 4.69) is 24.8 Å². The Morgan fingerprint density at radius 2 is 1.86 bits per heavy atom. The molecule has 22 heavy (non-hydrogen) atoms. The standard InChI is InChI=1S/C16H12FN5/c17-13-2-1-11-8-22(9-12(11)7-13)15-4-6-19-16(21-15)14-3-5-18-10-20-14/h1-7,10H,8-9H2. The molecule has 3 aromatic rings. The van der Waals surface area contributed by atoms with E-state index in [-0.39, 0.29) is 5.82 Å². The van der Waals surface area contributed by atoms with Crippen LogP contribution in [0.25, 0.3) is 11.5 Å². The lowest BCUT2D eigenvalue weighted by Crippen LogP contribution is -2.16. The molecule has 1 aliphatic heterocycles. The maximum Gasteiger partial charge on any atom is 0.180 e. The summed E-state index contributed by atoms with van der Waals surface area (Å²) in [6.07, 6.45) is 4.84. The molecule has 0 fully saturated rings. The molecular formula is C16H12FN5. The summed E-state index contributed by atoms with van der Waals surface area (Å²) in [5.74, 6) is 1.16. The van der Waals surface area contributed by atoms with Gasteiger partial charge in [0.15, 0.2) is 5.82 Å². The second kappa shape index (κ2) is 5.14. The number of anilines is 1. The first-order chi connectivity index (χ1) is 10.8. The number of aromatic nitrogens is 4. The average molecular weight is 293 g/mol. The van der Waals surface area contributed by atoms with E-state index in [4.69, 9.17) is 0 Å². The molecule has 5 nitrogen and oxygen atoms in total. The third-order valence-electron chi connectivity index (χ3n) is 3.67.